The molecule has 0 fully saturated rings. The first-order valence-corrected chi connectivity index (χ1v) is 12.2. The Balaban J connectivity index is 1.84. The van der Waals surface area contributed by atoms with Crippen molar-refractivity contribution in [2.75, 3.05) is 18.0 Å². The second-order valence-electron chi connectivity index (χ2n) is 7.24. The summed E-state index contributed by atoms with van der Waals surface area (Å²) in [6.07, 6.45) is 1.34. The number of ether oxygens (including phenoxy) is 1. The fourth-order valence-corrected chi connectivity index (χ4v) is 5.44. The molecule has 0 N–H and O–H groups in total. The van der Waals surface area contributed by atoms with Crippen molar-refractivity contribution in [3.05, 3.63) is 94.6 Å². The molecule has 0 radical (unpaired) electrons. The van der Waals surface area contributed by atoms with Crippen molar-refractivity contribution >= 4 is 61.7 Å². The number of rotatable bonds is 6. The maximum absolute atomic E-state index is 13.6. The molecule has 0 unspecified atom stereocenters. The Labute approximate surface area is 206 Å². The molecule has 0 aliphatic carbocycles. The van der Waals surface area contributed by atoms with Gasteiger partial charge in [0.25, 0.3) is 15.9 Å². The third-order valence-electron chi connectivity index (χ3n) is 5.17. The Hall–Kier alpha value is -3.33. The smallest absolute Gasteiger partial charge is 0.340 e. The molecule has 34 heavy (non-hydrogen) atoms. The van der Waals surface area contributed by atoms with E-state index < -0.39 is 28.4 Å². The van der Waals surface area contributed by atoms with Gasteiger partial charge in [-0.15, -0.1) is 0 Å². The lowest BCUT2D eigenvalue weighted by molar-refractivity contribution is 0.0603. The molecule has 1 heterocycles. The van der Waals surface area contributed by atoms with Gasteiger partial charge in [0.2, 0.25) is 0 Å². The van der Waals surface area contributed by atoms with Crippen LogP contribution in [0.2, 0.25) is 10.0 Å². The fraction of sp³-hybridized carbons (Fsp3) is 0.0833. The lowest BCUT2D eigenvalue weighted by Gasteiger charge is -2.25. The van der Waals surface area contributed by atoms with Crippen LogP contribution in [-0.4, -0.2) is 38.5 Å². The van der Waals surface area contributed by atoms with Crippen molar-refractivity contribution in [1.82, 2.24) is 4.57 Å². The van der Waals surface area contributed by atoms with E-state index in [4.69, 9.17) is 27.9 Å². The molecular formula is C24H18Cl2N2O5S. The standard InChI is InChI=1S/C24H18Cl2N2O5S/c1-33-24(30)19-14-27(21-10-6-5-9-18(19)21)23(29)15-28(22-13-16(25)11-12-20(22)26)34(31,32)17-7-3-2-4-8-17/h2-14H,15H2,1H3. The summed E-state index contributed by atoms with van der Waals surface area (Å²) in [5.74, 6) is -1.23. The summed E-state index contributed by atoms with van der Waals surface area (Å²) in [5.41, 5.74) is 0.669. The predicted molar refractivity (Wildman–Crippen MR) is 131 cm³/mol. The molecule has 3 aromatic carbocycles. The van der Waals surface area contributed by atoms with E-state index in [-0.39, 0.29) is 26.2 Å². The van der Waals surface area contributed by atoms with Crippen LogP contribution in [0.1, 0.15) is 15.2 Å². The number of carbonyl (C=O) groups excluding carboxylic acids is 2. The number of sulfonamides is 1. The van der Waals surface area contributed by atoms with Crippen molar-refractivity contribution < 1.29 is 22.7 Å². The number of methoxy groups -OCH3 is 1. The molecule has 0 saturated carbocycles. The van der Waals surface area contributed by atoms with Gasteiger partial charge in [0.15, 0.2) is 0 Å². The van der Waals surface area contributed by atoms with Gasteiger partial charge in [-0.1, -0.05) is 59.6 Å². The van der Waals surface area contributed by atoms with E-state index in [9.17, 15) is 18.0 Å². The van der Waals surface area contributed by atoms with Gasteiger partial charge in [0.1, 0.15) is 6.54 Å². The van der Waals surface area contributed by atoms with E-state index in [2.05, 4.69) is 0 Å². The zero-order valence-corrected chi connectivity index (χ0v) is 20.1. The van der Waals surface area contributed by atoms with Gasteiger partial charge in [-0.25, -0.2) is 13.2 Å². The summed E-state index contributed by atoms with van der Waals surface area (Å²) in [6, 6.07) is 18.8. The van der Waals surface area contributed by atoms with E-state index in [0.717, 1.165) is 4.31 Å². The van der Waals surface area contributed by atoms with Crippen molar-refractivity contribution in [1.29, 1.82) is 0 Å². The zero-order chi connectivity index (χ0) is 24.5. The van der Waals surface area contributed by atoms with Gasteiger partial charge in [0.05, 0.1) is 33.8 Å². The Kier molecular flexibility index (Phi) is 6.65. The fourth-order valence-electron chi connectivity index (χ4n) is 3.55. The summed E-state index contributed by atoms with van der Waals surface area (Å²) >= 11 is 12.5. The van der Waals surface area contributed by atoms with Gasteiger partial charge in [-0.05, 0) is 36.4 Å². The normalized spacial score (nSPS) is 11.4. The third-order valence-corrected chi connectivity index (χ3v) is 7.50. The number of esters is 1. The first-order chi connectivity index (χ1) is 16.2. The highest BCUT2D eigenvalue weighted by atomic mass is 35.5. The van der Waals surface area contributed by atoms with Crippen LogP contribution in [-0.2, 0) is 14.8 Å². The Bertz CT molecular complexity index is 1500. The highest BCUT2D eigenvalue weighted by Gasteiger charge is 2.30. The topological polar surface area (TPSA) is 85.7 Å². The van der Waals surface area contributed by atoms with Crippen LogP contribution in [0.15, 0.2) is 83.9 Å². The molecule has 0 amide bonds. The number of aromatic nitrogens is 1. The highest BCUT2D eigenvalue weighted by molar-refractivity contribution is 7.92. The summed E-state index contributed by atoms with van der Waals surface area (Å²) in [6.45, 7) is -0.601. The van der Waals surface area contributed by atoms with E-state index in [1.54, 1.807) is 42.5 Å². The number of carbonyl (C=O) groups is 2. The molecule has 1 aromatic heterocycles. The maximum Gasteiger partial charge on any atom is 0.340 e. The van der Waals surface area contributed by atoms with Crippen LogP contribution in [0.5, 0.6) is 0 Å². The third kappa shape index (κ3) is 4.40. The number of para-hydroxylation sites is 1. The average molecular weight is 517 g/mol. The van der Waals surface area contributed by atoms with Gasteiger partial charge in [-0.3, -0.25) is 13.7 Å². The molecule has 7 nitrogen and oxygen atoms in total. The highest BCUT2D eigenvalue weighted by Crippen LogP contribution is 2.33. The summed E-state index contributed by atoms with van der Waals surface area (Å²) in [5, 5.41) is 0.852. The minimum atomic E-state index is -4.20. The molecule has 4 rings (SSSR count). The molecule has 0 aliphatic heterocycles. The molecule has 174 valence electrons. The maximum atomic E-state index is 13.6. The number of hydrogen-bond acceptors (Lipinski definition) is 5. The minimum absolute atomic E-state index is 0.0218. The molecule has 0 atom stereocenters. The molecule has 0 bridgehead atoms. The quantitative estimate of drug-likeness (QED) is 0.326. The largest absolute Gasteiger partial charge is 0.465 e. The van der Waals surface area contributed by atoms with Crippen LogP contribution < -0.4 is 4.31 Å². The van der Waals surface area contributed by atoms with Gasteiger partial charge in [0, 0.05) is 16.6 Å². The summed E-state index contributed by atoms with van der Waals surface area (Å²) < 4.78 is 34.1. The van der Waals surface area contributed by atoms with Crippen LogP contribution in [0.25, 0.3) is 10.9 Å². The Morgan fingerprint density at radius 1 is 0.971 bits per heavy atom. The number of hydrogen-bond donors (Lipinski definition) is 0. The van der Waals surface area contributed by atoms with E-state index >= 15 is 0 Å². The van der Waals surface area contributed by atoms with Gasteiger partial charge >= 0.3 is 5.97 Å². The van der Waals surface area contributed by atoms with Crippen molar-refractivity contribution in [2.45, 2.75) is 4.90 Å². The van der Waals surface area contributed by atoms with Crippen molar-refractivity contribution in [3.63, 3.8) is 0 Å². The van der Waals surface area contributed by atoms with Crippen LogP contribution >= 0.6 is 23.2 Å². The van der Waals surface area contributed by atoms with E-state index in [1.807, 2.05) is 0 Å². The minimum Gasteiger partial charge on any atom is -0.465 e. The van der Waals surface area contributed by atoms with Crippen LogP contribution in [0.4, 0.5) is 5.69 Å². The second-order valence-corrected chi connectivity index (χ2v) is 9.94. The molecule has 10 heteroatoms. The summed E-state index contributed by atoms with van der Waals surface area (Å²) in [4.78, 5) is 25.7. The van der Waals surface area contributed by atoms with Crippen LogP contribution in [0, 0.1) is 0 Å². The SMILES string of the molecule is COC(=O)c1cn(C(=O)CN(c2cc(Cl)ccc2Cl)S(=O)(=O)c2ccccc2)c2ccccc12. The second kappa shape index (κ2) is 9.50. The lowest BCUT2D eigenvalue weighted by atomic mass is 10.2. The van der Waals surface area contributed by atoms with Crippen molar-refractivity contribution in [3.8, 4) is 0 Å². The van der Waals surface area contributed by atoms with Gasteiger partial charge < -0.3 is 4.74 Å². The molecule has 0 saturated heterocycles. The van der Waals surface area contributed by atoms with Crippen LogP contribution in [0.3, 0.4) is 0 Å². The number of anilines is 1. The Morgan fingerprint density at radius 3 is 2.35 bits per heavy atom. The van der Waals surface area contributed by atoms with E-state index in [0.29, 0.717) is 10.9 Å². The number of fused-ring (bicyclic) bond motifs is 1. The van der Waals surface area contributed by atoms with Gasteiger partial charge in [-0.2, -0.15) is 0 Å². The number of nitrogens with zero attached hydrogens (tertiary/aromatic N) is 2. The first-order valence-electron chi connectivity index (χ1n) is 9.98. The number of halogens is 2. The molecular weight excluding hydrogens is 499 g/mol. The molecule has 4 aromatic rings. The Morgan fingerprint density at radius 2 is 1.65 bits per heavy atom. The first kappa shape index (κ1) is 23.8. The van der Waals surface area contributed by atoms with E-state index in [1.165, 1.54) is 48.2 Å². The number of benzene rings is 3. The zero-order valence-electron chi connectivity index (χ0n) is 17.8. The summed E-state index contributed by atoms with van der Waals surface area (Å²) in [7, 11) is -2.96. The monoisotopic (exact) mass is 516 g/mol. The lowest BCUT2D eigenvalue weighted by Crippen LogP contribution is -2.37. The predicted octanol–water partition coefficient (Wildman–Crippen LogP) is 5.27. The van der Waals surface area contributed by atoms with Crippen molar-refractivity contribution in [2.24, 2.45) is 0 Å². The molecule has 0 spiro atoms. The average Bonchev–Trinajstić information content (AvgIpc) is 3.24. The molecule has 0 aliphatic rings.